The minimum Gasteiger partial charge on any atom is -0.396 e. The van der Waals surface area contributed by atoms with Gasteiger partial charge in [-0.1, -0.05) is 47.1 Å². The summed E-state index contributed by atoms with van der Waals surface area (Å²) in [5.74, 6) is -1.27. The average Bonchev–Trinajstić information content (AvgIpc) is 3.53. The van der Waals surface area contributed by atoms with Crippen molar-refractivity contribution in [2.45, 2.75) is 73.7 Å². The number of carbonyl (C=O) groups excluding carboxylic acids is 3. The number of halogens is 1. The Morgan fingerprint density at radius 2 is 1.90 bits per heavy atom. The highest BCUT2D eigenvalue weighted by Gasteiger charge is 2.76. The second kappa shape index (κ2) is 13.5. The van der Waals surface area contributed by atoms with Gasteiger partial charge in [-0.15, -0.1) is 24.9 Å². The zero-order valence-corrected chi connectivity index (χ0v) is 27.0. The molecular formula is C32H44BrN3O4S. The molecule has 7 nitrogen and oxygen atoms in total. The number of likely N-dealkylation sites (tertiary alicyclic amines) is 1. The van der Waals surface area contributed by atoms with Crippen molar-refractivity contribution < 1.29 is 19.5 Å². The van der Waals surface area contributed by atoms with Crippen LogP contribution >= 0.6 is 27.7 Å². The third kappa shape index (κ3) is 5.78. The van der Waals surface area contributed by atoms with Crippen molar-refractivity contribution in [1.82, 2.24) is 9.80 Å². The summed E-state index contributed by atoms with van der Waals surface area (Å²) in [4.78, 5) is 48.7. The lowest BCUT2D eigenvalue weighted by Crippen LogP contribution is -2.56. The Balaban J connectivity index is 1.79. The number of aliphatic hydroxyl groups excluding tert-OH is 1. The van der Waals surface area contributed by atoms with Crippen LogP contribution in [0.25, 0.3) is 0 Å². The number of amides is 3. The topological polar surface area (TPSA) is 81.2 Å². The fraction of sp³-hybridized carbons (Fsp3) is 0.594. The van der Waals surface area contributed by atoms with Gasteiger partial charge in [0.15, 0.2) is 0 Å². The van der Waals surface area contributed by atoms with Gasteiger partial charge in [-0.2, -0.15) is 0 Å². The molecule has 4 rings (SSSR count). The van der Waals surface area contributed by atoms with E-state index in [1.165, 1.54) is 0 Å². The van der Waals surface area contributed by atoms with Gasteiger partial charge in [0.05, 0.1) is 16.6 Å². The molecule has 1 aromatic rings. The number of unbranched alkanes of at least 4 members (excludes halogenated alkanes) is 2. The standard InChI is InChI=1S/C32H44BrN3O4S/c1-6-14-34(15-7-2)29(38)25-26-30(39)36(17-10-9-11-18-37)28(32(26)20-23(33)27(25)41-32)31(40)35(16-8-3)24-19-21(4)12-13-22(24)5/h6,8,12-13,19,23,25-28,37H,1,3,7,9-11,14-18,20H2,2,4-5H3/t23?,25-,26-,27-,28?,32?/m0/s1. The third-order valence-corrected chi connectivity index (χ3v) is 12.0. The number of alkyl halides is 1. The largest absolute Gasteiger partial charge is 0.396 e. The Labute approximate surface area is 257 Å². The summed E-state index contributed by atoms with van der Waals surface area (Å²) in [6, 6.07) is 5.37. The Morgan fingerprint density at radius 3 is 2.56 bits per heavy atom. The molecule has 0 aromatic heterocycles. The summed E-state index contributed by atoms with van der Waals surface area (Å²) in [5, 5.41) is 9.25. The molecule has 2 bridgehead atoms. The molecule has 41 heavy (non-hydrogen) atoms. The van der Waals surface area contributed by atoms with Crippen LogP contribution in [0.1, 0.15) is 50.2 Å². The molecule has 0 saturated carbocycles. The zero-order valence-electron chi connectivity index (χ0n) is 24.6. The van der Waals surface area contributed by atoms with Crippen LogP contribution in [-0.4, -0.2) is 86.3 Å². The molecule has 3 heterocycles. The average molecular weight is 647 g/mol. The summed E-state index contributed by atoms with van der Waals surface area (Å²) in [6.45, 7) is 15.7. The minimum atomic E-state index is -0.701. The van der Waals surface area contributed by atoms with E-state index in [-0.39, 0.29) is 34.4 Å². The Hall–Kier alpha value is -2.10. The van der Waals surface area contributed by atoms with Crippen molar-refractivity contribution in [1.29, 1.82) is 0 Å². The SMILES string of the molecule is C=CCN(CCC)C(=O)[C@H]1[C@H]2C(=O)N(CCCCCO)C(C(=O)N(CC=C)c3cc(C)ccc3C)C23CC(Br)[C@@H]1S3. The number of fused-ring (bicyclic) bond motifs is 1. The number of carbonyl (C=O) groups is 3. The van der Waals surface area contributed by atoms with Gasteiger partial charge in [-0.25, -0.2) is 0 Å². The predicted octanol–water partition coefficient (Wildman–Crippen LogP) is 4.87. The number of hydrogen-bond donors (Lipinski definition) is 1. The molecule has 9 heteroatoms. The lowest BCUT2D eigenvalue weighted by Gasteiger charge is -2.38. The predicted molar refractivity (Wildman–Crippen MR) is 170 cm³/mol. The highest BCUT2D eigenvalue weighted by Crippen LogP contribution is 2.68. The van der Waals surface area contributed by atoms with Crippen LogP contribution in [-0.2, 0) is 14.4 Å². The lowest BCUT2D eigenvalue weighted by atomic mass is 9.70. The summed E-state index contributed by atoms with van der Waals surface area (Å²) in [6.07, 6.45) is 7.03. The number of thioether (sulfide) groups is 1. The van der Waals surface area contributed by atoms with Crippen molar-refractivity contribution in [2.75, 3.05) is 37.7 Å². The number of benzene rings is 1. The molecular weight excluding hydrogens is 602 g/mol. The van der Waals surface area contributed by atoms with Crippen LogP contribution < -0.4 is 4.90 Å². The molecule has 3 aliphatic heterocycles. The number of aryl methyl sites for hydroxylation is 2. The fourth-order valence-electron chi connectivity index (χ4n) is 7.02. The second-order valence-electron chi connectivity index (χ2n) is 11.6. The first kappa shape index (κ1) is 31.8. The monoisotopic (exact) mass is 645 g/mol. The van der Waals surface area contributed by atoms with Gasteiger partial charge in [0.1, 0.15) is 6.04 Å². The van der Waals surface area contributed by atoms with Gasteiger partial charge in [0, 0.05) is 48.6 Å². The molecule has 3 saturated heterocycles. The van der Waals surface area contributed by atoms with E-state index >= 15 is 0 Å². The summed E-state index contributed by atoms with van der Waals surface area (Å²) in [7, 11) is 0. The van der Waals surface area contributed by atoms with Crippen molar-refractivity contribution in [3.63, 3.8) is 0 Å². The van der Waals surface area contributed by atoms with E-state index in [4.69, 9.17) is 0 Å². The molecule has 3 unspecified atom stereocenters. The number of rotatable bonds is 14. The molecule has 6 atom stereocenters. The fourth-order valence-corrected chi connectivity index (χ4v) is 10.6. The van der Waals surface area contributed by atoms with E-state index < -0.39 is 22.6 Å². The maximum atomic E-state index is 14.8. The number of aliphatic hydroxyl groups is 1. The first-order valence-electron chi connectivity index (χ1n) is 14.8. The first-order chi connectivity index (χ1) is 19.7. The van der Waals surface area contributed by atoms with Crippen LogP contribution in [0, 0.1) is 25.7 Å². The molecule has 1 aromatic carbocycles. The van der Waals surface area contributed by atoms with Crippen LogP contribution in [0.15, 0.2) is 43.5 Å². The van der Waals surface area contributed by atoms with Crippen LogP contribution in [0.2, 0.25) is 0 Å². The molecule has 3 fully saturated rings. The van der Waals surface area contributed by atoms with Crippen molar-refractivity contribution >= 4 is 51.1 Å². The maximum Gasteiger partial charge on any atom is 0.251 e. The quantitative estimate of drug-likeness (QED) is 0.177. The molecule has 3 amide bonds. The zero-order chi connectivity index (χ0) is 29.9. The van der Waals surface area contributed by atoms with Crippen LogP contribution in [0.5, 0.6) is 0 Å². The maximum absolute atomic E-state index is 14.8. The van der Waals surface area contributed by atoms with Crippen molar-refractivity contribution in [3.05, 3.63) is 54.6 Å². The minimum absolute atomic E-state index is 0.0144. The van der Waals surface area contributed by atoms with E-state index in [0.717, 1.165) is 29.7 Å². The molecule has 0 aliphatic carbocycles. The molecule has 1 spiro atoms. The first-order valence-corrected chi connectivity index (χ1v) is 16.6. The van der Waals surface area contributed by atoms with Crippen LogP contribution in [0.3, 0.4) is 0 Å². The summed E-state index contributed by atoms with van der Waals surface area (Å²) in [5.41, 5.74) is 2.85. The highest BCUT2D eigenvalue weighted by molar-refractivity contribution is 9.09. The normalized spacial score (nSPS) is 28.1. The van der Waals surface area contributed by atoms with Gasteiger partial charge in [0.2, 0.25) is 11.8 Å². The number of hydrogen-bond acceptors (Lipinski definition) is 5. The van der Waals surface area contributed by atoms with Gasteiger partial charge < -0.3 is 19.8 Å². The van der Waals surface area contributed by atoms with Gasteiger partial charge in [0.25, 0.3) is 5.91 Å². The third-order valence-electron chi connectivity index (χ3n) is 8.75. The van der Waals surface area contributed by atoms with E-state index in [1.807, 2.05) is 43.9 Å². The van der Waals surface area contributed by atoms with Gasteiger partial charge in [-0.3, -0.25) is 14.4 Å². The molecule has 0 radical (unpaired) electrons. The smallest absolute Gasteiger partial charge is 0.251 e. The molecule has 224 valence electrons. The second-order valence-corrected chi connectivity index (χ2v) is 14.3. The van der Waals surface area contributed by atoms with E-state index in [1.54, 1.807) is 33.7 Å². The van der Waals surface area contributed by atoms with Gasteiger partial charge >= 0.3 is 0 Å². The highest BCUT2D eigenvalue weighted by atomic mass is 79.9. The van der Waals surface area contributed by atoms with Gasteiger partial charge in [-0.05, 0) is 63.1 Å². The van der Waals surface area contributed by atoms with Crippen LogP contribution in [0.4, 0.5) is 5.69 Å². The number of nitrogens with zero attached hydrogens (tertiary/aromatic N) is 3. The van der Waals surface area contributed by atoms with E-state index in [2.05, 4.69) is 29.1 Å². The Bertz CT molecular complexity index is 1180. The Kier molecular flexibility index (Phi) is 10.5. The van der Waals surface area contributed by atoms with E-state index in [0.29, 0.717) is 45.4 Å². The summed E-state index contributed by atoms with van der Waals surface area (Å²) >= 11 is 5.55. The van der Waals surface area contributed by atoms with E-state index in [9.17, 15) is 19.5 Å². The van der Waals surface area contributed by atoms with Crippen molar-refractivity contribution in [2.24, 2.45) is 11.8 Å². The van der Waals surface area contributed by atoms with Crippen molar-refractivity contribution in [3.8, 4) is 0 Å². The lowest BCUT2D eigenvalue weighted by molar-refractivity contribution is -0.143. The Morgan fingerprint density at radius 1 is 1.17 bits per heavy atom. The molecule has 3 aliphatic rings. The summed E-state index contributed by atoms with van der Waals surface area (Å²) < 4.78 is -0.701. The molecule has 1 N–H and O–H groups in total. The number of anilines is 1.